The number of likely N-dealkylation sites (tertiary alicyclic amines) is 1. The van der Waals surface area contributed by atoms with Crippen LogP contribution in [-0.2, 0) is 0 Å². The quantitative estimate of drug-likeness (QED) is 0.652. The summed E-state index contributed by atoms with van der Waals surface area (Å²) >= 11 is 0. The van der Waals surface area contributed by atoms with E-state index in [-0.39, 0.29) is 0 Å². The summed E-state index contributed by atoms with van der Waals surface area (Å²) in [7, 11) is 0. The molecule has 1 aliphatic rings. The lowest BCUT2D eigenvalue weighted by molar-refractivity contribution is 0.260. The third-order valence-corrected chi connectivity index (χ3v) is 3.42. The Labute approximate surface area is 95.4 Å². The zero-order valence-electron chi connectivity index (χ0n) is 10.8. The highest BCUT2D eigenvalue weighted by atomic mass is 15.2. The van der Waals surface area contributed by atoms with Gasteiger partial charge in [0.1, 0.15) is 0 Å². The Kier molecular flexibility index (Phi) is 6.26. The van der Waals surface area contributed by atoms with Gasteiger partial charge in [-0.1, -0.05) is 20.8 Å². The van der Waals surface area contributed by atoms with Crippen LogP contribution in [0.1, 0.15) is 46.5 Å². The predicted octanol–water partition coefficient (Wildman–Crippen LogP) is 2.50. The molecule has 0 bridgehead atoms. The Hall–Kier alpha value is -0.0800. The summed E-state index contributed by atoms with van der Waals surface area (Å²) in [6.07, 6.45) is 5.48. The first kappa shape index (κ1) is 13.0. The van der Waals surface area contributed by atoms with Gasteiger partial charge in [-0.05, 0) is 51.2 Å². The zero-order chi connectivity index (χ0) is 11.1. The predicted molar refractivity (Wildman–Crippen MR) is 67.2 cm³/mol. The Balaban J connectivity index is 1.99. The number of nitrogens with zero attached hydrogens (tertiary/aromatic N) is 1. The molecular weight excluding hydrogens is 184 g/mol. The largest absolute Gasteiger partial charge is 0.315 e. The lowest BCUT2D eigenvalue weighted by Crippen LogP contribution is -2.38. The van der Waals surface area contributed by atoms with Crippen molar-refractivity contribution in [2.45, 2.75) is 52.5 Å². The Morgan fingerprint density at radius 3 is 2.87 bits per heavy atom. The smallest absolute Gasteiger partial charge is 0.0220 e. The van der Waals surface area contributed by atoms with Crippen LogP contribution >= 0.6 is 0 Å². The van der Waals surface area contributed by atoms with Gasteiger partial charge in [-0.25, -0.2) is 0 Å². The molecule has 1 N–H and O–H groups in total. The molecule has 2 nitrogen and oxygen atoms in total. The van der Waals surface area contributed by atoms with Crippen molar-refractivity contribution >= 4 is 0 Å². The summed E-state index contributed by atoms with van der Waals surface area (Å²) in [6.45, 7) is 11.8. The van der Waals surface area contributed by atoms with Crippen LogP contribution in [0.4, 0.5) is 0 Å². The highest BCUT2D eigenvalue weighted by Crippen LogP contribution is 2.15. The van der Waals surface area contributed by atoms with Crippen molar-refractivity contribution in [3.05, 3.63) is 0 Å². The summed E-state index contributed by atoms with van der Waals surface area (Å²) < 4.78 is 0. The Morgan fingerprint density at radius 2 is 2.20 bits per heavy atom. The molecule has 2 heteroatoms. The topological polar surface area (TPSA) is 15.3 Å². The van der Waals surface area contributed by atoms with Crippen LogP contribution in [0.15, 0.2) is 0 Å². The van der Waals surface area contributed by atoms with E-state index in [1.807, 2.05) is 0 Å². The van der Waals surface area contributed by atoms with E-state index in [4.69, 9.17) is 0 Å². The molecule has 1 fully saturated rings. The molecule has 90 valence electrons. The fourth-order valence-corrected chi connectivity index (χ4v) is 2.45. The molecule has 1 atom stereocenters. The SMILES string of the molecule is CCN1CCCC1CNCCCC(C)C. The number of likely N-dealkylation sites (N-methyl/N-ethyl adjacent to an activating group) is 1. The summed E-state index contributed by atoms with van der Waals surface area (Å²) in [4.78, 5) is 2.61. The van der Waals surface area contributed by atoms with E-state index < -0.39 is 0 Å². The van der Waals surface area contributed by atoms with Crippen molar-refractivity contribution in [2.24, 2.45) is 5.92 Å². The molecule has 1 aliphatic heterocycles. The van der Waals surface area contributed by atoms with E-state index >= 15 is 0 Å². The molecular formula is C13H28N2. The van der Waals surface area contributed by atoms with Gasteiger partial charge in [0.25, 0.3) is 0 Å². The van der Waals surface area contributed by atoms with Gasteiger partial charge in [0, 0.05) is 12.6 Å². The van der Waals surface area contributed by atoms with E-state index in [2.05, 4.69) is 31.0 Å². The van der Waals surface area contributed by atoms with E-state index in [9.17, 15) is 0 Å². The fourth-order valence-electron chi connectivity index (χ4n) is 2.45. The van der Waals surface area contributed by atoms with Crippen LogP contribution in [-0.4, -0.2) is 37.1 Å². The molecule has 1 unspecified atom stereocenters. The van der Waals surface area contributed by atoms with Crippen LogP contribution in [0.3, 0.4) is 0 Å². The molecule has 0 spiro atoms. The molecule has 0 radical (unpaired) electrons. The van der Waals surface area contributed by atoms with Gasteiger partial charge in [0.15, 0.2) is 0 Å². The van der Waals surface area contributed by atoms with Gasteiger partial charge in [-0.3, -0.25) is 4.90 Å². The molecule has 1 rings (SSSR count). The average molecular weight is 212 g/mol. The highest BCUT2D eigenvalue weighted by molar-refractivity contribution is 4.79. The lowest BCUT2D eigenvalue weighted by Gasteiger charge is -2.23. The molecule has 0 amide bonds. The maximum atomic E-state index is 3.61. The van der Waals surface area contributed by atoms with Gasteiger partial charge in [-0.2, -0.15) is 0 Å². The van der Waals surface area contributed by atoms with Crippen molar-refractivity contribution in [3.8, 4) is 0 Å². The molecule has 1 heterocycles. The minimum absolute atomic E-state index is 0.814. The summed E-state index contributed by atoms with van der Waals surface area (Å²) in [5.74, 6) is 0.852. The number of hydrogen-bond acceptors (Lipinski definition) is 2. The van der Waals surface area contributed by atoms with E-state index in [0.29, 0.717) is 0 Å². The van der Waals surface area contributed by atoms with Crippen LogP contribution in [0, 0.1) is 5.92 Å². The first-order valence-corrected chi connectivity index (χ1v) is 6.68. The minimum atomic E-state index is 0.814. The third-order valence-electron chi connectivity index (χ3n) is 3.42. The molecule has 1 saturated heterocycles. The maximum Gasteiger partial charge on any atom is 0.0220 e. The number of nitrogens with one attached hydrogen (secondary N) is 1. The van der Waals surface area contributed by atoms with E-state index in [1.165, 1.54) is 51.9 Å². The summed E-state index contributed by atoms with van der Waals surface area (Å²) in [5.41, 5.74) is 0. The number of hydrogen-bond donors (Lipinski definition) is 1. The zero-order valence-corrected chi connectivity index (χ0v) is 10.8. The van der Waals surface area contributed by atoms with Gasteiger partial charge in [0.05, 0.1) is 0 Å². The van der Waals surface area contributed by atoms with Crippen LogP contribution in [0.5, 0.6) is 0 Å². The summed E-state index contributed by atoms with van der Waals surface area (Å²) in [5, 5.41) is 3.61. The van der Waals surface area contributed by atoms with Crippen molar-refractivity contribution in [3.63, 3.8) is 0 Å². The molecule has 0 saturated carbocycles. The summed E-state index contributed by atoms with van der Waals surface area (Å²) in [6, 6.07) is 0.814. The first-order chi connectivity index (χ1) is 7.24. The van der Waals surface area contributed by atoms with Crippen molar-refractivity contribution < 1.29 is 0 Å². The second-order valence-corrected chi connectivity index (χ2v) is 5.16. The standard InChI is InChI=1S/C13H28N2/c1-4-15-10-6-8-13(15)11-14-9-5-7-12(2)3/h12-14H,4-11H2,1-3H3. The van der Waals surface area contributed by atoms with Crippen LogP contribution in [0.2, 0.25) is 0 Å². The van der Waals surface area contributed by atoms with Crippen LogP contribution in [0.25, 0.3) is 0 Å². The fraction of sp³-hybridized carbons (Fsp3) is 1.00. The lowest BCUT2D eigenvalue weighted by atomic mass is 10.1. The first-order valence-electron chi connectivity index (χ1n) is 6.68. The Morgan fingerprint density at radius 1 is 1.40 bits per heavy atom. The molecule has 0 aromatic heterocycles. The second kappa shape index (κ2) is 7.24. The maximum absolute atomic E-state index is 3.61. The third kappa shape index (κ3) is 4.98. The van der Waals surface area contributed by atoms with Gasteiger partial charge in [0.2, 0.25) is 0 Å². The molecule has 0 aliphatic carbocycles. The van der Waals surface area contributed by atoms with Gasteiger partial charge < -0.3 is 5.32 Å². The molecule has 15 heavy (non-hydrogen) atoms. The van der Waals surface area contributed by atoms with Crippen LogP contribution < -0.4 is 5.32 Å². The van der Waals surface area contributed by atoms with Gasteiger partial charge >= 0.3 is 0 Å². The van der Waals surface area contributed by atoms with E-state index in [1.54, 1.807) is 0 Å². The number of rotatable bonds is 7. The Bertz CT molecular complexity index is 157. The molecule has 0 aromatic carbocycles. The van der Waals surface area contributed by atoms with Crippen molar-refractivity contribution in [1.82, 2.24) is 10.2 Å². The monoisotopic (exact) mass is 212 g/mol. The van der Waals surface area contributed by atoms with Crippen molar-refractivity contribution in [2.75, 3.05) is 26.2 Å². The highest BCUT2D eigenvalue weighted by Gasteiger charge is 2.21. The van der Waals surface area contributed by atoms with Gasteiger partial charge in [-0.15, -0.1) is 0 Å². The van der Waals surface area contributed by atoms with E-state index in [0.717, 1.165) is 12.0 Å². The second-order valence-electron chi connectivity index (χ2n) is 5.16. The average Bonchev–Trinajstić information content (AvgIpc) is 2.64. The van der Waals surface area contributed by atoms with Crippen molar-refractivity contribution in [1.29, 1.82) is 0 Å². The normalized spacial score (nSPS) is 22.8. The minimum Gasteiger partial charge on any atom is -0.315 e. The molecule has 0 aromatic rings.